The number of benzene rings is 9. The molecule has 0 unspecified atom stereocenters. The van der Waals surface area contributed by atoms with Crippen molar-refractivity contribution in [1.82, 2.24) is 4.57 Å². The standard InChI is InChI=1S/C67H62N2/c1-6-7-8-9-10-12-19-48-38-46(2)39-53(42-48)54-40-47(3)41-58(43-54)69-65-25-18-16-23-61(65)62-44-52(30-37-66(62)69)51-28-33-56(34-29-51)68(55-31-26-50(27-32-55)49-20-13-11-14-21-49)57-35-36-60-59-22-15-17-24-63(59)67(4,5)64(60)45-57/h11,13-18,20-45H,6-10,12,19H2,1-5H3. The van der Waals surface area contributed by atoms with Gasteiger partial charge in [-0.15, -0.1) is 0 Å². The molecule has 2 heteroatoms. The van der Waals surface area contributed by atoms with E-state index < -0.39 is 0 Å². The van der Waals surface area contributed by atoms with Crippen molar-refractivity contribution < 1.29 is 0 Å². The number of unbranched alkanes of at least 4 members (excludes halogenated alkanes) is 5. The average molecular weight is 895 g/mol. The van der Waals surface area contributed by atoms with Gasteiger partial charge in [0.05, 0.1) is 11.0 Å². The van der Waals surface area contributed by atoms with Crippen LogP contribution in [0.25, 0.3) is 72.0 Å². The molecule has 69 heavy (non-hydrogen) atoms. The first kappa shape index (κ1) is 44.1. The maximum atomic E-state index is 2.47. The number of hydrogen-bond donors (Lipinski definition) is 0. The predicted molar refractivity (Wildman–Crippen MR) is 296 cm³/mol. The van der Waals surface area contributed by atoms with Gasteiger partial charge in [-0.2, -0.15) is 0 Å². The molecule has 0 bridgehead atoms. The zero-order valence-corrected chi connectivity index (χ0v) is 40.9. The molecule has 0 atom stereocenters. The molecule has 1 aromatic heterocycles. The van der Waals surface area contributed by atoms with Gasteiger partial charge in [-0.25, -0.2) is 0 Å². The molecular weight excluding hydrogens is 833 g/mol. The lowest BCUT2D eigenvalue weighted by Gasteiger charge is -2.28. The van der Waals surface area contributed by atoms with Crippen molar-refractivity contribution in [3.63, 3.8) is 0 Å². The van der Waals surface area contributed by atoms with Crippen LogP contribution < -0.4 is 4.90 Å². The highest BCUT2D eigenvalue weighted by Gasteiger charge is 2.35. The molecular formula is C67H62N2. The van der Waals surface area contributed by atoms with E-state index in [1.54, 1.807) is 0 Å². The fourth-order valence-corrected chi connectivity index (χ4v) is 11.3. The lowest BCUT2D eigenvalue weighted by atomic mass is 9.82. The van der Waals surface area contributed by atoms with E-state index in [-0.39, 0.29) is 5.41 Å². The second kappa shape index (κ2) is 18.6. The van der Waals surface area contributed by atoms with Crippen molar-refractivity contribution >= 4 is 38.9 Å². The predicted octanol–water partition coefficient (Wildman–Crippen LogP) is 19.1. The number of para-hydroxylation sites is 1. The molecule has 1 heterocycles. The Kier molecular flexibility index (Phi) is 11.9. The Labute approximate surface area is 409 Å². The van der Waals surface area contributed by atoms with Crippen LogP contribution in [0.3, 0.4) is 0 Å². The van der Waals surface area contributed by atoms with Crippen LogP contribution >= 0.6 is 0 Å². The molecule has 0 saturated heterocycles. The van der Waals surface area contributed by atoms with Gasteiger partial charge in [0.15, 0.2) is 0 Å². The molecule has 9 aromatic carbocycles. The third kappa shape index (κ3) is 8.48. The summed E-state index contributed by atoms with van der Waals surface area (Å²) in [7, 11) is 0. The summed E-state index contributed by atoms with van der Waals surface area (Å²) in [6.45, 7) is 11.5. The smallest absolute Gasteiger partial charge is 0.0541 e. The van der Waals surface area contributed by atoms with E-state index in [1.165, 1.54) is 138 Å². The largest absolute Gasteiger partial charge is 0.310 e. The van der Waals surface area contributed by atoms with Crippen LogP contribution in [0.1, 0.15) is 87.1 Å². The van der Waals surface area contributed by atoms with E-state index in [4.69, 9.17) is 0 Å². The number of anilines is 3. The zero-order chi connectivity index (χ0) is 47.1. The number of aromatic nitrogens is 1. The van der Waals surface area contributed by atoms with Crippen LogP contribution in [-0.4, -0.2) is 4.57 Å². The summed E-state index contributed by atoms with van der Waals surface area (Å²) >= 11 is 0. The molecule has 0 spiro atoms. The minimum atomic E-state index is -0.101. The van der Waals surface area contributed by atoms with Gasteiger partial charge in [-0.1, -0.05) is 192 Å². The Morgan fingerprint density at radius 1 is 0.406 bits per heavy atom. The van der Waals surface area contributed by atoms with E-state index in [0.717, 1.165) is 23.5 Å². The van der Waals surface area contributed by atoms with Crippen molar-refractivity contribution in [3.05, 3.63) is 228 Å². The minimum Gasteiger partial charge on any atom is -0.310 e. The molecule has 11 rings (SSSR count). The molecule has 340 valence electrons. The number of rotatable bonds is 14. The summed E-state index contributed by atoms with van der Waals surface area (Å²) < 4.78 is 2.47. The lowest BCUT2D eigenvalue weighted by Crippen LogP contribution is -2.16. The maximum absolute atomic E-state index is 2.47. The molecule has 0 N–H and O–H groups in total. The molecule has 1 aliphatic carbocycles. The normalized spacial score (nSPS) is 12.7. The molecule has 0 saturated carbocycles. The van der Waals surface area contributed by atoms with Crippen LogP contribution in [0.15, 0.2) is 200 Å². The van der Waals surface area contributed by atoms with Crippen molar-refractivity contribution in [1.29, 1.82) is 0 Å². The van der Waals surface area contributed by atoms with Gasteiger partial charge in [0.25, 0.3) is 0 Å². The van der Waals surface area contributed by atoms with Gasteiger partial charge in [-0.05, 0) is 160 Å². The summed E-state index contributed by atoms with van der Waals surface area (Å²) in [5.41, 5.74) is 23.8. The van der Waals surface area contributed by atoms with Crippen LogP contribution in [0.5, 0.6) is 0 Å². The monoisotopic (exact) mass is 894 g/mol. The SMILES string of the molecule is CCCCCCCCc1cc(C)cc(-c2cc(C)cc(-n3c4ccccc4c4cc(-c5ccc(N(c6ccc(-c7ccccc7)cc6)c6ccc7c(c6)C(C)(C)c6ccccc6-7)cc5)ccc43)c2)c1. The molecule has 10 aromatic rings. The zero-order valence-electron chi connectivity index (χ0n) is 40.9. The molecule has 2 nitrogen and oxygen atoms in total. The van der Waals surface area contributed by atoms with Crippen LogP contribution in [-0.2, 0) is 11.8 Å². The number of hydrogen-bond acceptors (Lipinski definition) is 1. The minimum absolute atomic E-state index is 0.101. The second-order valence-electron chi connectivity index (χ2n) is 20.1. The summed E-state index contributed by atoms with van der Waals surface area (Å²) in [5, 5.41) is 2.52. The maximum Gasteiger partial charge on any atom is 0.0541 e. The van der Waals surface area contributed by atoms with Crippen LogP contribution in [0.2, 0.25) is 0 Å². The highest BCUT2D eigenvalue weighted by atomic mass is 15.1. The quantitative estimate of drug-likeness (QED) is 0.0988. The van der Waals surface area contributed by atoms with E-state index >= 15 is 0 Å². The molecule has 1 aliphatic rings. The number of nitrogens with zero attached hydrogens (tertiary/aromatic N) is 2. The van der Waals surface area contributed by atoms with E-state index in [1.807, 2.05) is 0 Å². The number of aryl methyl sites for hydroxylation is 3. The van der Waals surface area contributed by atoms with E-state index in [9.17, 15) is 0 Å². The highest BCUT2D eigenvalue weighted by molar-refractivity contribution is 6.10. The van der Waals surface area contributed by atoms with Crippen molar-refractivity contribution in [3.8, 4) is 50.2 Å². The van der Waals surface area contributed by atoms with Gasteiger partial charge < -0.3 is 9.47 Å². The van der Waals surface area contributed by atoms with Gasteiger partial charge >= 0.3 is 0 Å². The van der Waals surface area contributed by atoms with Gasteiger partial charge in [0.2, 0.25) is 0 Å². The first-order valence-electron chi connectivity index (χ1n) is 25.3. The van der Waals surface area contributed by atoms with E-state index in [0.29, 0.717) is 0 Å². The Morgan fingerprint density at radius 2 is 0.986 bits per heavy atom. The second-order valence-corrected chi connectivity index (χ2v) is 20.1. The molecule has 0 amide bonds. The fourth-order valence-electron chi connectivity index (χ4n) is 11.3. The van der Waals surface area contributed by atoms with Crippen molar-refractivity contribution in [2.75, 3.05) is 4.90 Å². The van der Waals surface area contributed by atoms with Crippen molar-refractivity contribution in [2.24, 2.45) is 0 Å². The molecule has 0 aliphatic heterocycles. The third-order valence-electron chi connectivity index (χ3n) is 14.8. The number of fused-ring (bicyclic) bond motifs is 6. The Balaban J connectivity index is 0.939. The first-order valence-corrected chi connectivity index (χ1v) is 25.3. The molecule has 0 radical (unpaired) electrons. The Morgan fingerprint density at radius 3 is 1.75 bits per heavy atom. The third-order valence-corrected chi connectivity index (χ3v) is 14.8. The van der Waals surface area contributed by atoms with E-state index in [2.05, 4.69) is 244 Å². The van der Waals surface area contributed by atoms with Gasteiger partial charge in [0, 0.05) is 38.9 Å². The van der Waals surface area contributed by atoms with Gasteiger partial charge in [0.1, 0.15) is 0 Å². The topological polar surface area (TPSA) is 8.17 Å². The summed E-state index contributed by atoms with van der Waals surface area (Å²) in [6.07, 6.45) is 9.05. The summed E-state index contributed by atoms with van der Waals surface area (Å²) in [5.74, 6) is 0. The highest BCUT2D eigenvalue weighted by Crippen LogP contribution is 2.51. The fraction of sp³-hybridized carbons (Fsp3) is 0.194. The van der Waals surface area contributed by atoms with Crippen LogP contribution in [0.4, 0.5) is 17.1 Å². The first-order chi connectivity index (χ1) is 33.7. The Bertz CT molecular complexity index is 3460. The average Bonchev–Trinajstić information content (AvgIpc) is 3.83. The van der Waals surface area contributed by atoms with Gasteiger partial charge in [-0.3, -0.25) is 0 Å². The molecule has 0 fully saturated rings. The Hall–Kier alpha value is -7.42. The van der Waals surface area contributed by atoms with Crippen LogP contribution in [0, 0.1) is 13.8 Å². The summed E-state index contributed by atoms with van der Waals surface area (Å²) in [6, 6.07) is 75.0. The summed E-state index contributed by atoms with van der Waals surface area (Å²) in [4.78, 5) is 2.41. The lowest BCUT2D eigenvalue weighted by molar-refractivity contribution is 0.607. The van der Waals surface area contributed by atoms with Crippen molar-refractivity contribution in [2.45, 2.75) is 85.0 Å².